The summed E-state index contributed by atoms with van der Waals surface area (Å²) in [5.41, 5.74) is 0.00586. The minimum absolute atomic E-state index is 0.0123. The van der Waals surface area contributed by atoms with Crippen LogP contribution in [0.25, 0.3) is 0 Å². The van der Waals surface area contributed by atoms with Crippen LogP contribution in [-0.2, 0) is 0 Å². The van der Waals surface area contributed by atoms with Crippen molar-refractivity contribution in [3.05, 3.63) is 49.9 Å². The lowest BCUT2D eigenvalue weighted by molar-refractivity contribution is 0.0921. The Kier molecular flexibility index (Phi) is 4.61. The first kappa shape index (κ1) is 14.8. The third-order valence-electron chi connectivity index (χ3n) is 2.40. The summed E-state index contributed by atoms with van der Waals surface area (Å²) in [4.78, 5) is 11.9. The fourth-order valence-electron chi connectivity index (χ4n) is 1.48. The lowest BCUT2D eigenvalue weighted by Gasteiger charge is -2.07. The van der Waals surface area contributed by atoms with Gasteiger partial charge in [-0.3, -0.25) is 4.79 Å². The standard InChI is InChI=1S/C13H6Cl2FNO2S/c14-12-4-7(13(15)20-12)10(18)6-19-11-3-1-2-9(16)8(11)5-17/h1-4H,6H2. The van der Waals surface area contributed by atoms with Crippen molar-refractivity contribution in [1.29, 1.82) is 5.26 Å². The molecule has 0 N–H and O–H groups in total. The van der Waals surface area contributed by atoms with Crippen LogP contribution in [0.2, 0.25) is 8.67 Å². The van der Waals surface area contributed by atoms with E-state index < -0.39 is 11.6 Å². The maximum atomic E-state index is 13.3. The van der Waals surface area contributed by atoms with Crippen LogP contribution < -0.4 is 4.74 Å². The third kappa shape index (κ3) is 3.10. The zero-order chi connectivity index (χ0) is 14.7. The first-order chi connectivity index (χ1) is 9.52. The van der Waals surface area contributed by atoms with Crippen LogP contribution in [0.5, 0.6) is 5.75 Å². The van der Waals surface area contributed by atoms with Crippen LogP contribution in [0.4, 0.5) is 4.39 Å². The molecule has 2 aromatic rings. The van der Waals surface area contributed by atoms with E-state index in [1.165, 1.54) is 18.2 Å². The van der Waals surface area contributed by atoms with Crippen molar-refractivity contribution in [3.63, 3.8) is 0 Å². The fraction of sp³-hybridized carbons (Fsp3) is 0.0769. The Hall–Kier alpha value is -1.61. The lowest BCUT2D eigenvalue weighted by Crippen LogP contribution is -2.12. The number of rotatable bonds is 4. The number of carbonyl (C=O) groups excluding carboxylic acids is 1. The average Bonchev–Trinajstić information content (AvgIpc) is 2.75. The van der Waals surface area contributed by atoms with Crippen molar-refractivity contribution in [2.45, 2.75) is 0 Å². The molecule has 0 atom stereocenters. The highest BCUT2D eigenvalue weighted by atomic mass is 35.5. The number of nitriles is 1. The number of thiophene rings is 1. The minimum Gasteiger partial charge on any atom is -0.484 e. The monoisotopic (exact) mass is 329 g/mol. The van der Waals surface area contributed by atoms with Crippen molar-refractivity contribution < 1.29 is 13.9 Å². The molecule has 0 saturated heterocycles. The summed E-state index contributed by atoms with van der Waals surface area (Å²) in [6, 6.07) is 7.08. The number of benzene rings is 1. The molecule has 0 aliphatic rings. The van der Waals surface area contributed by atoms with E-state index in [2.05, 4.69) is 0 Å². The Bertz CT molecular complexity index is 709. The Morgan fingerprint density at radius 1 is 1.45 bits per heavy atom. The molecule has 0 spiro atoms. The maximum Gasteiger partial charge on any atom is 0.202 e. The van der Waals surface area contributed by atoms with Crippen molar-refractivity contribution >= 4 is 40.3 Å². The Labute approximate surface area is 128 Å². The zero-order valence-corrected chi connectivity index (χ0v) is 12.2. The van der Waals surface area contributed by atoms with Gasteiger partial charge in [-0.15, -0.1) is 11.3 Å². The molecule has 0 aliphatic heterocycles. The van der Waals surface area contributed by atoms with Gasteiger partial charge in [0.25, 0.3) is 0 Å². The second-order valence-electron chi connectivity index (χ2n) is 3.67. The van der Waals surface area contributed by atoms with Gasteiger partial charge in [0.2, 0.25) is 5.78 Å². The van der Waals surface area contributed by atoms with Crippen LogP contribution in [0.15, 0.2) is 24.3 Å². The Balaban J connectivity index is 2.14. The van der Waals surface area contributed by atoms with Crippen molar-refractivity contribution in [2.24, 2.45) is 0 Å². The number of hydrogen-bond donors (Lipinski definition) is 0. The predicted molar refractivity (Wildman–Crippen MR) is 75.3 cm³/mol. The molecule has 102 valence electrons. The Morgan fingerprint density at radius 2 is 2.20 bits per heavy atom. The van der Waals surface area contributed by atoms with Crippen molar-refractivity contribution in [3.8, 4) is 11.8 Å². The number of halogens is 3. The fourth-order valence-corrected chi connectivity index (χ4v) is 2.98. The summed E-state index contributed by atoms with van der Waals surface area (Å²) in [7, 11) is 0. The number of ketones is 1. The minimum atomic E-state index is -0.700. The van der Waals surface area contributed by atoms with Gasteiger partial charge in [0.05, 0.1) is 9.90 Å². The zero-order valence-electron chi connectivity index (χ0n) is 9.82. The quantitative estimate of drug-likeness (QED) is 0.784. The van der Waals surface area contributed by atoms with E-state index in [0.717, 1.165) is 17.4 Å². The predicted octanol–water partition coefficient (Wildman–Crippen LogP) is 4.33. The van der Waals surface area contributed by atoms with Crippen molar-refractivity contribution in [1.82, 2.24) is 0 Å². The van der Waals surface area contributed by atoms with Gasteiger partial charge in [-0.2, -0.15) is 5.26 Å². The molecule has 20 heavy (non-hydrogen) atoms. The van der Waals surface area contributed by atoms with Crippen LogP contribution in [0, 0.1) is 17.1 Å². The largest absolute Gasteiger partial charge is 0.484 e. The van der Waals surface area contributed by atoms with Gasteiger partial charge in [-0.1, -0.05) is 29.3 Å². The summed E-state index contributed by atoms with van der Waals surface area (Å²) >= 11 is 12.7. The molecule has 0 unspecified atom stereocenters. The second kappa shape index (κ2) is 6.23. The molecule has 0 bridgehead atoms. The molecule has 0 saturated carbocycles. The summed E-state index contributed by atoms with van der Waals surface area (Å²) in [5, 5.41) is 8.84. The van der Waals surface area contributed by atoms with Crippen LogP contribution >= 0.6 is 34.5 Å². The number of ether oxygens (including phenoxy) is 1. The number of nitrogens with zero attached hydrogens (tertiary/aromatic N) is 1. The maximum absolute atomic E-state index is 13.3. The molecular weight excluding hydrogens is 324 g/mol. The topological polar surface area (TPSA) is 50.1 Å². The molecular formula is C13H6Cl2FNO2S. The van der Waals surface area contributed by atoms with E-state index in [4.69, 9.17) is 33.2 Å². The molecule has 1 aromatic carbocycles. The van der Waals surface area contributed by atoms with Gasteiger partial charge >= 0.3 is 0 Å². The van der Waals surface area contributed by atoms with Crippen LogP contribution in [0.3, 0.4) is 0 Å². The molecule has 1 aromatic heterocycles. The smallest absolute Gasteiger partial charge is 0.202 e. The van der Waals surface area contributed by atoms with E-state index in [1.54, 1.807) is 6.07 Å². The number of carbonyl (C=O) groups is 1. The molecule has 3 nitrogen and oxygen atoms in total. The first-order valence-electron chi connectivity index (χ1n) is 5.32. The Morgan fingerprint density at radius 3 is 2.80 bits per heavy atom. The van der Waals surface area contributed by atoms with E-state index >= 15 is 0 Å². The van der Waals surface area contributed by atoms with E-state index in [0.29, 0.717) is 4.34 Å². The molecule has 0 aliphatic carbocycles. The van der Waals surface area contributed by atoms with Gasteiger partial charge in [-0.25, -0.2) is 4.39 Å². The molecule has 0 fully saturated rings. The summed E-state index contributed by atoms with van der Waals surface area (Å²) in [6.45, 7) is -0.356. The summed E-state index contributed by atoms with van der Waals surface area (Å²) in [6.07, 6.45) is 0. The first-order valence-corrected chi connectivity index (χ1v) is 6.89. The van der Waals surface area contributed by atoms with E-state index in [1.807, 2.05) is 0 Å². The lowest BCUT2D eigenvalue weighted by atomic mass is 10.2. The molecule has 2 rings (SSSR count). The molecule has 7 heteroatoms. The van der Waals surface area contributed by atoms with E-state index in [9.17, 15) is 9.18 Å². The summed E-state index contributed by atoms with van der Waals surface area (Å²) in [5.74, 6) is -1.08. The average molecular weight is 330 g/mol. The number of hydrogen-bond acceptors (Lipinski definition) is 4. The highest BCUT2D eigenvalue weighted by Crippen LogP contribution is 2.31. The van der Waals surface area contributed by atoms with Gasteiger partial charge in [-0.05, 0) is 18.2 Å². The van der Waals surface area contributed by atoms with Gasteiger partial charge in [0.15, 0.2) is 6.61 Å². The highest BCUT2D eigenvalue weighted by molar-refractivity contribution is 7.20. The molecule has 1 heterocycles. The van der Waals surface area contributed by atoms with Crippen molar-refractivity contribution in [2.75, 3.05) is 6.61 Å². The van der Waals surface area contributed by atoms with E-state index in [-0.39, 0.29) is 27.8 Å². The number of Topliss-reactive ketones (excluding diaryl/α,β-unsaturated/α-hetero) is 1. The van der Waals surface area contributed by atoms with Crippen LogP contribution in [-0.4, -0.2) is 12.4 Å². The third-order valence-corrected chi connectivity index (χ3v) is 3.89. The van der Waals surface area contributed by atoms with Crippen LogP contribution in [0.1, 0.15) is 15.9 Å². The SMILES string of the molecule is N#Cc1c(F)cccc1OCC(=O)c1cc(Cl)sc1Cl. The molecule has 0 amide bonds. The normalized spacial score (nSPS) is 10.1. The summed E-state index contributed by atoms with van der Waals surface area (Å²) < 4.78 is 19.2. The molecule has 0 radical (unpaired) electrons. The highest BCUT2D eigenvalue weighted by Gasteiger charge is 2.16. The van der Waals surface area contributed by atoms with Gasteiger partial charge in [0, 0.05) is 0 Å². The van der Waals surface area contributed by atoms with Gasteiger partial charge in [0.1, 0.15) is 27.5 Å². The van der Waals surface area contributed by atoms with Gasteiger partial charge < -0.3 is 4.74 Å². The second-order valence-corrected chi connectivity index (χ2v) is 5.96.